The highest BCUT2D eigenvalue weighted by molar-refractivity contribution is 7.99. The molecule has 0 bridgehead atoms. The molecule has 0 radical (unpaired) electrons. The molecule has 0 aliphatic carbocycles. The largest absolute Gasteiger partial charge is 0.368 e. The van der Waals surface area contributed by atoms with Crippen molar-refractivity contribution in [3.05, 3.63) is 42.7 Å². The number of aromatic nitrogens is 2. The molecule has 0 N–H and O–H groups in total. The third-order valence-corrected chi connectivity index (χ3v) is 6.32. The molecule has 148 valence electrons. The van der Waals surface area contributed by atoms with Gasteiger partial charge in [-0.25, -0.2) is 9.97 Å². The Labute approximate surface area is 170 Å². The van der Waals surface area contributed by atoms with E-state index >= 15 is 0 Å². The molecule has 2 aliphatic rings. The average Bonchev–Trinajstić information content (AvgIpc) is 2.79. The van der Waals surface area contributed by atoms with E-state index in [4.69, 9.17) is 0 Å². The first-order valence-electron chi connectivity index (χ1n) is 10.1. The average molecular weight is 398 g/mol. The van der Waals surface area contributed by atoms with Crippen molar-refractivity contribution in [1.29, 1.82) is 0 Å². The number of amides is 1. The summed E-state index contributed by atoms with van der Waals surface area (Å²) in [6, 6.07) is 12.6. The van der Waals surface area contributed by atoms with Crippen molar-refractivity contribution >= 4 is 29.2 Å². The van der Waals surface area contributed by atoms with E-state index < -0.39 is 0 Å². The molecule has 1 aromatic heterocycles. The predicted molar refractivity (Wildman–Crippen MR) is 114 cm³/mol. The summed E-state index contributed by atoms with van der Waals surface area (Å²) in [4.78, 5) is 27.9. The highest BCUT2D eigenvalue weighted by Gasteiger charge is 2.20. The zero-order chi connectivity index (χ0) is 19.2. The highest BCUT2D eigenvalue weighted by Crippen LogP contribution is 2.23. The summed E-state index contributed by atoms with van der Waals surface area (Å²) in [5.41, 5.74) is 1.28. The van der Waals surface area contributed by atoms with E-state index in [1.54, 1.807) is 6.33 Å². The Bertz CT molecular complexity index is 773. The molecule has 2 fully saturated rings. The molecule has 0 saturated carbocycles. The van der Waals surface area contributed by atoms with E-state index in [-0.39, 0.29) is 5.91 Å². The van der Waals surface area contributed by atoms with Gasteiger partial charge in [-0.3, -0.25) is 4.79 Å². The maximum absolute atomic E-state index is 12.4. The van der Waals surface area contributed by atoms with Gasteiger partial charge in [0.1, 0.15) is 17.2 Å². The number of piperidine rings is 1. The number of carbonyl (C=O) groups is 1. The van der Waals surface area contributed by atoms with Gasteiger partial charge in [-0.1, -0.05) is 30.0 Å². The van der Waals surface area contributed by atoms with Crippen LogP contribution in [0.3, 0.4) is 0 Å². The number of piperazine rings is 1. The lowest BCUT2D eigenvalue weighted by molar-refractivity contribution is -0.129. The first-order chi connectivity index (χ1) is 13.8. The van der Waals surface area contributed by atoms with Crippen LogP contribution < -0.4 is 9.80 Å². The normalized spacial score (nSPS) is 17.6. The summed E-state index contributed by atoms with van der Waals surface area (Å²) in [7, 11) is 0. The van der Waals surface area contributed by atoms with Gasteiger partial charge in [0, 0.05) is 51.0 Å². The summed E-state index contributed by atoms with van der Waals surface area (Å²) in [6.07, 6.45) is 5.11. The van der Waals surface area contributed by atoms with E-state index in [9.17, 15) is 4.79 Å². The van der Waals surface area contributed by atoms with E-state index in [1.807, 2.05) is 11.0 Å². The molecule has 6 nitrogen and oxygen atoms in total. The Morgan fingerprint density at radius 1 is 0.893 bits per heavy atom. The number of nitrogens with zero attached hydrogens (tertiary/aromatic N) is 5. The molecule has 2 saturated heterocycles. The minimum Gasteiger partial charge on any atom is -0.368 e. The number of para-hydroxylation sites is 1. The van der Waals surface area contributed by atoms with Gasteiger partial charge in [0.05, 0.1) is 5.75 Å². The van der Waals surface area contributed by atoms with Crippen LogP contribution in [0.4, 0.5) is 11.5 Å². The molecule has 7 heteroatoms. The quantitative estimate of drug-likeness (QED) is 0.571. The van der Waals surface area contributed by atoms with Crippen LogP contribution in [0.1, 0.15) is 19.3 Å². The van der Waals surface area contributed by atoms with Crippen LogP contribution in [0.15, 0.2) is 47.8 Å². The van der Waals surface area contributed by atoms with E-state index in [2.05, 4.69) is 50.1 Å². The Kier molecular flexibility index (Phi) is 6.31. The second-order valence-electron chi connectivity index (χ2n) is 7.25. The standard InChI is InChI=1S/C21H27N5OS/c27-21(26-9-5-2-6-10-26)16-28-20-15-19(22-17-23-20)25-13-11-24(12-14-25)18-7-3-1-4-8-18/h1,3-4,7-8,15,17H,2,5-6,9-14,16H2. The molecule has 2 aromatic rings. The van der Waals surface area contributed by atoms with E-state index in [1.165, 1.54) is 23.9 Å². The van der Waals surface area contributed by atoms with Crippen molar-refractivity contribution in [3.8, 4) is 0 Å². The second kappa shape index (κ2) is 9.28. The Morgan fingerprint density at radius 2 is 1.61 bits per heavy atom. The number of hydrogen-bond acceptors (Lipinski definition) is 6. The lowest BCUT2D eigenvalue weighted by atomic mass is 10.1. The molecule has 0 spiro atoms. The van der Waals surface area contributed by atoms with Crippen molar-refractivity contribution in [2.24, 2.45) is 0 Å². The molecule has 1 amide bonds. The number of anilines is 2. The van der Waals surface area contributed by atoms with Crippen LogP contribution in [0, 0.1) is 0 Å². The molecule has 0 unspecified atom stereocenters. The van der Waals surface area contributed by atoms with Crippen LogP contribution in [0.25, 0.3) is 0 Å². The van der Waals surface area contributed by atoms with E-state index in [0.29, 0.717) is 5.75 Å². The van der Waals surface area contributed by atoms with Gasteiger partial charge in [-0.05, 0) is 31.4 Å². The van der Waals surface area contributed by atoms with Crippen molar-refractivity contribution < 1.29 is 4.79 Å². The van der Waals surface area contributed by atoms with Crippen LogP contribution in [-0.4, -0.2) is 65.8 Å². The fraction of sp³-hybridized carbons (Fsp3) is 0.476. The monoisotopic (exact) mass is 397 g/mol. The van der Waals surface area contributed by atoms with Gasteiger partial charge in [-0.15, -0.1) is 0 Å². The predicted octanol–water partition coefficient (Wildman–Crippen LogP) is 2.91. The summed E-state index contributed by atoms with van der Waals surface area (Å²) >= 11 is 1.52. The molecule has 3 heterocycles. The van der Waals surface area contributed by atoms with Crippen LogP contribution in [0.5, 0.6) is 0 Å². The zero-order valence-corrected chi connectivity index (χ0v) is 17.0. The number of likely N-dealkylation sites (tertiary alicyclic amines) is 1. The molecular weight excluding hydrogens is 370 g/mol. The summed E-state index contributed by atoms with van der Waals surface area (Å²) in [6.45, 7) is 5.62. The van der Waals surface area contributed by atoms with Gasteiger partial charge in [0.15, 0.2) is 0 Å². The van der Waals surface area contributed by atoms with Crippen LogP contribution in [0.2, 0.25) is 0 Å². The maximum Gasteiger partial charge on any atom is 0.232 e. The van der Waals surface area contributed by atoms with Gasteiger partial charge in [0.2, 0.25) is 5.91 Å². The van der Waals surface area contributed by atoms with Crippen molar-refractivity contribution in [2.75, 3.05) is 54.8 Å². The summed E-state index contributed by atoms with van der Waals surface area (Å²) < 4.78 is 0. The Balaban J connectivity index is 1.31. The third kappa shape index (κ3) is 4.76. The molecule has 0 atom stereocenters. The summed E-state index contributed by atoms with van der Waals surface area (Å²) in [5, 5.41) is 0.876. The highest BCUT2D eigenvalue weighted by atomic mass is 32.2. The topological polar surface area (TPSA) is 52.6 Å². The number of benzene rings is 1. The van der Waals surface area contributed by atoms with Crippen molar-refractivity contribution in [1.82, 2.24) is 14.9 Å². The smallest absolute Gasteiger partial charge is 0.232 e. The van der Waals surface area contributed by atoms with Crippen molar-refractivity contribution in [2.45, 2.75) is 24.3 Å². The fourth-order valence-corrected chi connectivity index (χ4v) is 4.55. The maximum atomic E-state index is 12.4. The number of carbonyl (C=O) groups excluding carboxylic acids is 1. The van der Waals surface area contributed by atoms with Crippen molar-refractivity contribution in [3.63, 3.8) is 0 Å². The zero-order valence-electron chi connectivity index (χ0n) is 16.2. The van der Waals surface area contributed by atoms with Gasteiger partial charge in [-0.2, -0.15) is 0 Å². The van der Waals surface area contributed by atoms with Crippen LogP contribution >= 0.6 is 11.8 Å². The van der Waals surface area contributed by atoms with Crippen LogP contribution in [-0.2, 0) is 4.79 Å². The Morgan fingerprint density at radius 3 is 2.36 bits per heavy atom. The minimum atomic E-state index is 0.223. The number of hydrogen-bond donors (Lipinski definition) is 0. The number of rotatable bonds is 5. The molecule has 28 heavy (non-hydrogen) atoms. The van der Waals surface area contributed by atoms with Gasteiger partial charge < -0.3 is 14.7 Å². The Hall–Kier alpha value is -2.28. The van der Waals surface area contributed by atoms with E-state index in [0.717, 1.165) is 63.0 Å². The molecule has 1 aromatic carbocycles. The third-order valence-electron chi connectivity index (χ3n) is 5.40. The SMILES string of the molecule is O=C(CSc1cc(N2CCN(c3ccccc3)CC2)ncn1)N1CCCCC1. The lowest BCUT2D eigenvalue weighted by Gasteiger charge is -2.36. The fourth-order valence-electron chi connectivity index (χ4n) is 3.78. The van der Waals surface area contributed by atoms with Gasteiger partial charge in [0.25, 0.3) is 0 Å². The minimum absolute atomic E-state index is 0.223. The molecular formula is C21H27N5OS. The lowest BCUT2D eigenvalue weighted by Crippen LogP contribution is -2.46. The first kappa shape index (κ1) is 19.1. The first-order valence-corrected chi connectivity index (χ1v) is 11.1. The molecule has 2 aliphatic heterocycles. The summed E-state index contributed by atoms with van der Waals surface area (Å²) in [5.74, 6) is 1.63. The molecule has 4 rings (SSSR count). The second-order valence-corrected chi connectivity index (χ2v) is 8.25. The number of thioether (sulfide) groups is 1. The van der Waals surface area contributed by atoms with Gasteiger partial charge >= 0.3 is 0 Å².